The Kier molecular flexibility index (Phi) is 2.62. The van der Waals surface area contributed by atoms with Crippen LogP contribution in [-0.2, 0) is 4.79 Å². The van der Waals surface area contributed by atoms with Crippen LogP contribution in [0.3, 0.4) is 0 Å². The number of rotatable bonds is 3. The predicted molar refractivity (Wildman–Crippen MR) is 77.8 cm³/mol. The molecule has 2 bridgehead atoms. The number of nitrogens with one attached hydrogen (secondary N) is 1. The van der Waals surface area contributed by atoms with Gasteiger partial charge in [-0.2, -0.15) is 0 Å². The van der Waals surface area contributed by atoms with Crippen LogP contribution in [0.1, 0.15) is 24.8 Å². The number of hydrogen-bond donors (Lipinski definition) is 1. The van der Waals surface area contributed by atoms with Gasteiger partial charge in [0.15, 0.2) is 0 Å². The molecule has 1 aromatic rings. The fraction of sp³-hybridized carbons (Fsp3) is 0.562. The van der Waals surface area contributed by atoms with Gasteiger partial charge in [0.2, 0.25) is 5.91 Å². The Hall–Kier alpha value is -1.91. The summed E-state index contributed by atoms with van der Waals surface area (Å²) in [5.41, 5.74) is 1.46. The van der Waals surface area contributed by atoms with Gasteiger partial charge in [0, 0.05) is 18.1 Å². The molecule has 0 saturated heterocycles. The molecule has 1 N–H and O–H groups in total. The molecule has 5 heteroatoms. The molecule has 0 spiro atoms. The maximum Gasteiger partial charge on any atom is 0.271 e. The lowest BCUT2D eigenvalue weighted by Crippen LogP contribution is -2.19. The number of non-ortho nitro benzene ring substituents is 1. The first-order chi connectivity index (χ1) is 10.1. The standard InChI is InChI=1S/C16H18N2O3/c1-8-2-5-11(18(20)21)7-12(8)17-16(19)15-13-9-3-4-10(6-9)14(13)15/h2,5,7,9-10,13-15H,3-4,6H2,1H3,(H,17,19)/t9-,10-,13-,14-/m1/s1. The lowest BCUT2D eigenvalue weighted by Gasteiger charge is -2.11. The van der Waals surface area contributed by atoms with E-state index >= 15 is 0 Å². The van der Waals surface area contributed by atoms with E-state index in [0.717, 1.165) is 17.4 Å². The van der Waals surface area contributed by atoms with Crippen molar-refractivity contribution in [2.45, 2.75) is 26.2 Å². The average molecular weight is 286 g/mol. The van der Waals surface area contributed by atoms with E-state index in [1.54, 1.807) is 6.07 Å². The third-order valence-corrected chi connectivity index (χ3v) is 5.73. The highest BCUT2D eigenvalue weighted by molar-refractivity contribution is 5.96. The van der Waals surface area contributed by atoms with Gasteiger partial charge in [0.1, 0.15) is 0 Å². The molecular formula is C16H18N2O3. The molecule has 3 aliphatic rings. The SMILES string of the molecule is Cc1ccc([N+](=O)[O-])cc1NC(=O)C1[C@@H]2[C@@H]3CC[C@H](C3)[C@@H]12. The molecule has 0 unspecified atom stereocenters. The molecule has 0 radical (unpaired) electrons. The predicted octanol–water partition coefficient (Wildman–Crippen LogP) is 3.13. The van der Waals surface area contributed by atoms with Crippen molar-refractivity contribution in [2.75, 3.05) is 5.32 Å². The van der Waals surface area contributed by atoms with Gasteiger partial charge < -0.3 is 5.32 Å². The van der Waals surface area contributed by atoms with Gasteiger partial charge in [-0.3, -0.25) is 14.9 Å². The summed E-state index contributed by atoms with van der Waals surface area (Å²) in [6.07, 6.45) is 3.88. The maximum atomic E-state index is 12.5. The van der Waals surface area contributed by atoms with Crippen molar-refractivity contribution in [1.82, 2.24) is 0 Å². The highest BCUT2D eigenvalue weighted by atomic mass is 16.6. The molecule has 110 valence electrons. The van der Waals surface area contributed by atoms with E-state index in [4.69, 9.17) is 0 Å². The average Bonchev–Trinajstić information content (AvgIpc) is 2.90. The summed E-state index contributed by atoms with van der Waals surface area (Å²) in [6.45, 7) is 1.86. The number of fused-ring (bicyclic) bond motifs is 5. The van der Waals surface area contributed by atoms with Crippen LogP contribution in [0, 0.1) is 46.6 Å². The van der Waals surface area contributed by atoms with Crippen LogP contribution in [0.15, 0.2) is 18.2 Å². The van der Waals surface area contributed by atoms with Crippen LogP contribution in [0.25, 0.3) is 0 Å². The van der Waals surface area contributed by atoms with Crippen LogP contribution >= 0.6 is 0 Å². The van der Waals surface area contributed by atoms with Crippen LogP contribution in [0.4, 0.5) is 11.4 Å². The largest absolute Gasteiger partial charge is 0.325 e. The quantitative estimate of drug-likeness (QED) is 0.685. The number of hydrogen-bond acceptors (Lipinski definition) is 3. The summed E-state index contributed by atoms with van der Waals surface area (Å²) in [5.74, 6) is 2.88. The normalized spacial score (nSPS) is 35.4. The summed E-state index contributed by atoms with van der Waals surface area (Å²) >= 11 is 0. The fourth-order valence-electron chi connectivity index (χ4n) is 4.75. The van der Waals surface area contributed by atoms with Gasteiger partial charge >= 0.3 is 0 Å². The van der Waals surface area contributed by atoms with Crippen molar-refractivity contribution >= 4 is 17.3 Å². The second-order valence-electron chi connectivity index (χ2n) is 6.76. The third kappa shape index (κ3) is 1.87. The Morgan fingerprint density at radius 1 is 1.29 bits per heavy atom. The molecule has 3 saturated carbocycles. The zero-order valence-corrected chi connectivity index (χ0v) is 11.9. The minimum Gasteiger partial charge on any atom is -0.325 e. The zero-order chi connectivity index (χ0) is 14.7. The molecule has 4 rings (SSSR count). The summed E-state index contributed by atoms with van der Waals surface area (Å²) in [7, 11) is 0. The molecule has 4 atom stereocenters. The summed E-state index contributed by atoms with van der Waals surface area (Å²) in [6, 6.07) is 4.61. The van der Waals surface area contributed by atoms with Crippen LogP contribution < -0.4 is 5.32 Å². The first-order valence-corrected chi connectivity index (χ1v) is 7.62. The molecule has 5 nitrogen and oxygen atoms in total. The van der Waals surface area contributed by atoms with Gasteiger partial charge in [-0.25, -0.2) is 0 Å². The molecule has 0 aromatic heterocycles. The number of nitro groups is 1. The van der Waals surface area contributed by atoms with Crippen molar-refractivity contribution in [3.8, 4) is 0 Å². The van der Waals surface area contributed by atoms with Gasteiger partial charge in [0.05, 0.1) is 10.6 Å². The number of nitro benzene ring substituents is 1. The highest BCUT2D eigenvalue weighted by Gasteiger charge is 2.67. The Balaban J connectivity index is 1.51. The van der Waals surface area contributed by atoms with E-state index < -0.39 is 4.92 Å². The highest BCUT2D eigenvalue weighted by Crippen LogP contribution is 2.69. The van der Waals surface area contributed by atoms with Gasteiger partial charge in [-0.15, -0.1) is 0 Å². The van der Waals surface area contributed by atoms with Crippen molar-refractivity contribution in [3.05, 3.63) is 33.9 Å². The third-order valence-electron chi connectivity index (χ3n) is 5.73. The monoisotopic (exact) mass is 286 g/mol. The number of carbonyl (C=O) groups excluding carboxylic acids is 1. The van der Waals surface area contributed by atoms with Crippen molar-refractivity contribution in [2.24, 2.45) is 29.6 Å². The molecule has 3 aliphatic carbocycles. The van der Waals surface area contributed by atoms with E-state index in [9.17, 15) is 14.9 Å². The number of amides is 1. The van der Waals surface area contributed by atoms with E-state index in [0.29, 0.717) is 17.5 Å². The molecular weight excluding hydrogens is 268 g/mol. The molecule has 1 aromatic carbocycles. The number of nitrogens with zero attached hydrogens (tertiary/aromatic N) is 1. The number of benzene rings is 1. The molecule has 3 fully saturated rings. The lowest BCUT2D eigenvalue weighted by atomic mass is 10.0. The lowest BCUT2D eigenvalue weighted by molar-refractivity contribution is -0.384. The Bertz CT molecular complexity index is 626. The minimum absolute atomic E-state index is 0.0203. The Morgan fingerprint density at radius 2 is 1.95 bits per heavy atom. The maximum absolute atomic E-state index is 12.5. The summed E-state index contributed by atoms with van der Waals surface area (Å²) < 4.78 is 0. The smallest absolute Gasteiger partial charge is 0.271 e. The van der Waals surface area contributed by atoms with Crippen LogP contribution in [-0.4, -0.2) is 10.8 Å². The number of carbonyl (C=O) groups is 1. The van der Waals surface area contributed by atoms with Gasteiger partial charge in [-0.1, -0.05) is 6.07 Å². The number of anilines is 1. The Morgan fingerprint density at radius 3 is 2.57 bits per heavy atom. The second kappa shape index (κ2) is 4.29. The molecule has 1 amide bonds. The molecule has 21 heavy (non-hydrogen) atoms. The minimum atomic E-state index is -0.429. The van der Waals surface area contributed by atoms with Crippen LogP contribution in [0.5, 0.6) is 0 Å². The second-order valence-corrected chi connectivity index (χ2v) is 6.76. The Labute approximate surface area is 122 Å². The van der Waals surface area contributed by atoms with Crippen molar-refractivity contribution in [3.63, 3.8) is 0 Å². The first kappa shape index (κ1) is 12.8. The first-order valence-electron chi connectivity index (χ1n) is 7.62. The van der Waals surface area contributed by atoms with Crippen LogP contribution in [0.2, 0.25) is 0 Å². The van der Waals surface area contributed by atoms with E-state index in [1.165, 1.54) is 31.4 Å². The van der Waals surface area contributed by atoms with Crippen molar-refractivity contribution < 1.29 is 9.72 Å². The summed E-state index contributed by atoms with van der Waals surface area (Å²) in [5, 5.41) is 13.8. The summed E-state index contributed by atoms with van der Waals surface area (Å²) in [4.78, 5) is 22.9. The number of aryl methyl sites for hydroxylation is 1. The van der Waals surface area contributed by atoms with E-state index in [2.05, 4.69) is 5.32 Å². The topological polar surface area (TPSA) is 72.2 Å². The van der Waals surface area contributed by atoms with Gasteiger partial charge in [-0.05, 0) is 55.4 Å². The van der Waals surface area contributed by atoms with Crippen molar-refractivity contribution in [1.29, 1.82) is 0 Å². The fourth-order valence-corrected chi connectivity index (χ4v) is 4.75. The zero-order valence-electron chi connectivity index (χ0n) is 11.9. The van der Waals surface area contributed by atoms with E-state index in [1.807, 2.05) is 6.92 Å². The van der Waals surface area contributed by atoms with E-state index in [-0.39, 0.29) is 17.5 Å². The van der Waals surface area contributed by atoms with Gasteiger partial charge in [0.25, 0.3) is 5.69 Å². The molecule has 0 aliphatic heterocycles. The molecule has 0 heterocycles.